The van der Waals surface area contributed by atoms with Gasteiger partial charge < -0.3 is 34.5 Å². The minimum atomic E-state index is -0.938. The van der Waals surface area contributed by atoms with Crippen LogP contribution in [0.5, 0.6) is 17.2 Å². The summed E-state index contributed by atoms with van der Waals surface area (Å²) in [5, 5.41) is 18.9. The molecule has 1 unspecified atom stereocenters. The molecule has 3 N–H and O–H groups in total. The van der Waals surface area contributed by atoms with Gasteiger partial charge in [-0.25, -0.2) is 0 Å². The Balaban J connectivity index is 1.65. The van der Waals surface area contributed by atoms with Crippen molar-refractivity contribution in [3.05, 3.63) is 30.0 Å². The summed E-state index contributed by atoms with van der Waals surface area (Å²) in [5.74, 6) is 1.79. The molecule has 0 aliphatic heterocycles. The number of ether oxygens (including phenoxy) is 3. The van der Waals surface area contributed by atoms with Gasteiger partial charge in [0.2, 0.25) is 17.6 Å². The number of amides is 2. The molecule has 10 nitrogen and oxygen atoms in total. The van der Waals surface area contributed by atoms with Crippen molar-refractivity contribution in [2.24, 2.45) is 0 Å². The quantitative estimate of drug-likeness (QED) is 0.447. The molecule has 1 aromatic carbocycles. The first-order valence-corrected chi connectivity index (χ1v) is 10.2. The first-order chi connectivity index (χ1) is 14.4. The van der Waals surface area contributed by atoms with E-state index >= 15 is 0 Å². The third-order valence-electron chi connectivity index (χ3n) is 3.70. The predicted molar refractivity (Wildman–Crippen MR) is 111 cm³/mol. The van der Waals surface area contributed by atoms with Gasteiger partial charge in [0.1, 0.15) is 18.5 Å². The summed E-state index contributed by atoms with van der Waals surface area (Å²) >= 11 is 1.14. The van der Waals surface area contributed by atoms with Gasteiger partial charge in [0, 0.05) is 12.6 Å². The molecular weight excluding hydrogens is 414 g/mol. The molecule has 2 rings (SSSR count). The largest absolute Gasteiger partial charge is 0.493 e. The Morgan fingerprint density at radius 3 is 2.47 bits per heavy atom. The van der Waals surface area contributed by atoms with Crippen molar-refractivity contribution in [2.75, 3.05) is 44.2 Å². The number of nitrogens with zero attached hydrogens (tertiary/aromatic N) is 1. The number of nitrogens with one attached hydrogen (secondary N) is 2. The molecule has 0 aliphatic rings. The van der Waals surface area contributed by atoms with Crippen molar-refractivity contribution in [3.8, 4) is 17.2 Å². The fourth-order valence-corrected chi connectivity index (χ4v) is 2.97. The van der Waals surface area contributed by atoms with Crippen LogP contribution in [0.4, 0.5) is 5.82 Å². The molecule has 30 heavy (non-hydrogen) atoms. The van der Waals surface area contributed by atoms with Crippen LogP contribution >= 0.6 is 11.8 Å². The van der Waals surface area contributed by atoms with Crippen LogP contribution in [0.1, 0.15) is 5.76 Å². The Hall–Kier alpha value is -2.92. The number of thioether (sulfide) groups is 1. The van der Waals surface area contributed by atoms with E-state index in [-0.39, 0.29) is 36.5 Å². The highest BCUT2D eigenvalue weighted by molar-refractivity contribution is 8.00. The van der Waals surface area contributed by atoms with E-state index in [1.807, 2.05) is 0 Å². The average molecular weight is 439 g/mol. The molecule has 0 bridgehead atoms. The van der Waals surface area contributed by atoms with E-state index in [9.17, 15) is 14.7 Å². The molecule has 1 atom stereocenters. The van der Waals surface area contributed by atoms with Gasteiger partial charge >= 0.3 is 0 Å². The average Bonchev–Trinajstić information content (AvgIpc) is 3.14. The van der Waals surface area contributed by atoms with Crippen LogP contribution in [0.15, 0.2) is 28.8 Å². The fraction of sp³-hybridized carbons (Fsp3) is 0.421. The molecule has 11 heteroatoms. The van der Waals surface area contributed by atoms with Crippen molar-refractivity contribution in [2.45, 2.75) is 13.0 Å². The van der Waals surface area contributed by atoms with E-state index in [0.717, 1.165) is 11.8 Å². The van der Waals surface area contributed by atoms with Gasteiger partial charge in [0.05, 0.1) is 25.7 Å². The third-order valence-corrected chi connectivity index (χ3v) is 4.63. The standard InChI is InChI=1S/C19H25N3O7S/c1-12-7-16(22-29-12)21-18(25)11-30-10-17(24)20-8-13(23)9-28-19-14(26-2)5-4-6-15(19)27-3/h4-7,13,23H,8-11H2,1-3H3,(H,20,24)(H,21,22,25). The highest BCUT2D eigenvalue weighted by atomic mass is 32.2. The van der Waals surface area contributed by atoms with Crippen LogP contribution in [0.25, 0.3) is 0 Å². The number of carbonyl (C=O) groups excluding carboxylic acids is 2. The number of aryl methyl sites for hydroxylation is 1. The number of methoxy groups -OCH3 is 2. The van der Waals surface area contributed by atoms with Gasteiger partial charge in [-0.05, 0) is 19.1 Å². The molecule has 1 heterocycles. The van der Waals surface area contributed by atoms with Gasteiger partial charge in [-0.15, -0.1) is 11.8 Å². The second-order valence-electron chi connectivity index (χ2n) is 6.12. The van der Waals surface area contributed by atoms with Crippen LogP contribution in [-0.2, 0) is 9.59 Å². The summed E-state index contributed by atoms with van der Waals surface area (Å²) in [7, 11) is 3.01. The van der Waals surface area contributed by atoms with Crippen molar-refractivity contribution >= 4 is 29.4 Å². The zero-order chi connectivity index (χ0) is 21.9. The van der Waals surface area contributed by atoms with E-state index in [0.29, 0.717) is 28.8 Å². The second-order valence-corrected chi connectivity index (χ2v) is 7.11. The second kappa shape index (κ2) is 11.9. The smallest absolute Gasteiger partial charge is 0.235 e. The maximum Gasteiger partial charge on any atom is 0.235 e. The lowest BCUT2D eigenvalue weighted by atomic mass is 10.3. The Labute approximate surface area is 178 Å². The topological polar surface area (TPSA) is 132 Å². The summed E-state index contributed by atoms with van der Waals surface area (Å²) in [6, 6.07) is 6.78. The molecule has 0 fully saturated rings. The molecule has 0 saturated heterocycles. The zero-order valence-electron chi connectivity index (χ0n) is 17.0. The molecule has 0 radical (unpaired) electrons. The van der Waals surface area contributed by atoms with Crippen LogP contribution in [0.3, 0.4) is 0 Å². The van der Waals surface area contributed by atoms with Gasteiger partial charge in [-0.3, -0.25) is 9.59 Å². The number of rotatable bonds is 12. The monoisotopic (exact) mass is 439 g/mol. The maximum atomic E-state index is 11.9. The van der Waals surface area contributed by atoms with Crippen LogP contribution < -0.4 is 24.8 Å². The van der Waals surface area contributed by atoms with Crippen molar-refractivity contribution < 1.29 is 33.4 Å². The molecule has 164 valence electrons. The van der Waals surface area contributed by atoms with Crippen LogP contribution in [0.2, 0.25) is 0 Å². The number of hydrogen-bond acceptors (Lipinski definition) is 9. The van der Waals surface area contributed by atoms with Crippen molar-refractivity contribution in [1.82, 2.24) is 10.5 Å². The normalized spacial score (nSPS) is 11.5. The molecule has 0 saturated carbocycles. The molecular formula is C19H25N3O7S. The molecule has 1 aromatic heterocycles. The molecule has 0 aliphatic carbocycles. The van der Waals surface area contributed by atoms with Crippen molar-refractivity contribution in [3.63, 3.8) is 0 Å². The Morgan fingerprint density at radius 1 is 1.20 bits per heavy atom. The number of aliphatic hydroxyl groups excluding tert-OH is 1. The SMILES string of the molecule is COc1cccc(OC)c1OCC(O)CNC(=O)CSCC(=O)Nc1cc(C)on1. The first-order valence-electron chi connectivity index (χ1n) is 9.02. The Kier molecular flexibility index (Phi) is 9.29. The number of para-hydroxylation sites is 1. The summed E-state index contributed by atoms with van der Waals surface area (Å²) in [4.78, 5) is 23.7. The minimum Gasteiger partial charge on any atom is -0.493 e. The number of aromatic nitrogens is 1. The fourth-order valence-electron chi connectivity index (χ4n) is 2.32. The van der Waals surface area contributed by atoms with E-state index < -0.39 is 6.10 Å². The number of anilines is 1. The first kappa shape index (κ1) is 23.4. The number of hydrogen-bond donors (Lipinski definition) is 3. The van der Waals surface area contributed by atoms with Gasteiger partial charge in [0.15, 0.2) is 17.3 Å². The maximum absolute atomic E-state index is 11.9. The molecule has 0 spiro atoms. The van der Waals surface area contributed by atoms with Gasteiger partial charge in [-0.2, -0.15) is 0 Å². The van der Waals surface area contributed by atoms with E-state index in [1.54, 1.807) is 31.2 Å². The van der Waals surface area contributed by atoms with E-state index in [1.165, 1.54) is 14.2 Å². The third kappa shape index (κ3) is 7.48. The van der Waals surface area contributed by atoms with Gasteiger partial charge in [0.25, 0.3) is 0 Å². The number of benzene rings is 1. The summed E-state index contributed by atoms with van der Waals surface area (Å²) in [5.41, 5.74) is 0. The highest BCUT2D eigenvalue weighted by Gasteiger charge is 2.15. The van der Waals surface area contributed by atoms with E-state index in [4.69, 9.17) is 18.7 Å². The highest BCUT2D eigenvalue weighted by Crippen LogP contribution is 2.36. The predicted octanol–water partition coefficient (Wildman–Crippen LogP) is 1.23. The summed E-state index contributed by atoms with van der Waals surface area (Å²) in [6.07, 6.45) is -0.938. The Bertz CT molecular complexity index is 821. The van der Waals surface area contributed by atoms with Gasteiger partial charge in [-0.1, -0.05) is 11.2 Å². The molecule has 2 aromatic rings. The molecule has 2 amide bonds. The lowest BCUT2D eigenvalue weighted by molar-refractivity contribution is -0.119. The minimum absolute atomic E-state index is 0.00126. The number of aliphatic hydroxyl groups is 1. The lowest BCUT2D eigenvalue weighted by Crippen LogP contribution is -2.36. The summed E-state index contributed by atoms with van der Waals surface area (Å²) in [6.45, 7) is 1.65. The van der Waals surface area contributed by atoms with Crippen LogP contribution in [0, 0.1) is 6.92 Å². The summed E-state index contributed by atoms with van der Waals surface area (Å²) < 4.78 is 20.9. The zero-order valence-corrected chi connectivity index (χ0v) is 17.8. The van der Waals surface area contributed by atoms with Crippen LogP contribution in [-0.4, -0.2) is 67.1 Å². The van der Waals surface area contributed by atoms with Crippen molar-refractivity contribution in [1.29, 1.82) is 0 Å². The number of carbonyl (C=O) groups is 2. The Morgan fingerprint density at radius 2 is 1.87 bits per heavy atom. The van der Waals surface area contributed by atoms with E-state index in [2.05, 4.69) is 15.8 Å². The lowest BCUT2D eigenvalue weighted by Gasteiger charge is -2.17.